The van der Waals surface area contributed by atoms with Crippen molar-refractivity contribution in [3.8, 4) is 11.8 Å². The highest BCUT2D eigenvalue weighted by molar-refractivity contribution is 6.29. The van der Waals surface area contributed by atoms with E-state index < -0.39 is 23.8 Å². The van der Waals surface area contributed by atoms with Crippen LogP contribution in [0.25, 0.3) is 0 Å². The lowest BCUT2D eigenvalue weighted by Gasteiger charge is -2.27. The molecule has 0 bridgehead atoms. The molecule has 298 valence electrons. The van der Waals surface area contributed by atoms with Gasteiger partial charge >= 0.3 is 6.03 Å². The van der Waals surface area contributed by atoms with Crippen molar-refractivity contribution in [1.29, 1.82) is 0 Å². The second kappa shape index (κ2) is 20.2. The average molecular weight is 802 g/mol. The van der Waals surface area contributed by atoms with Crippen LogP contribution in [0.1, 0.15) is 107 Å². The second-order valence-corrected chi connectivity index (χ2v) is 14.6. The zero-order chi connectivity index (χ0) is 40.9. The van der Waals surface area contributed by atoms with Gasteiger partial charge in [-0.25, -0.2) is 14.8 Å². The van der Waals surface area contributed by atoms with Crippen molar-refractivity contribution in [1.82, 2.24) is 20.6 Å². The molecule has 0 radical (unpaired) electrons. The SMILES string of the molecule is O=C1CCC(C2CCC(=O)c3c(NCCCCCCCCNC(=O)c4cccc(C#Cc5cc(NC(=O)Nc6ccnc(Cl)c6)ccn5)c4)cccc3C2=O)C(=O)N1. The Morgan fingerprint density at radius 2 is 1.47 bits per heavy atom. The van der Waals surface area contributed by atoms with Gasteiger partial charge in [-0.05, 0) is 80.1 Å². The van der Waals surface area contributed by atoms with Crippen molar-refractivity contribution in [2.45, 2.75) is 64.2 Å². The number of hydrogen-bond acceptors (Lipinski definition) is 9. The summed E-state index contributed by atoms with van der Waals surface area (Å²) in [6, 6.07) is 18.3. The van der Waals surface area contributed by atoms with Crippen LogP contribution in [-0.2, 0) is 9.59 Å². The fraction of sp³-hybridized carbons (Fsp3) is 0.318. The third-order valence-corrected chi connectivity index (χ3v) is 10.3. The Hall–Kier alpha value is -6.39. The molecular formula is C44H44ClN7O6. The van der Waals surface area contributed by atoms with E-state index in [1.807, 2.05) is 12.1 Å². The highest BCUT2D eigenvalue weighted by Crippen LogP contribution is 2.35. The van der Waals surface area contributed by atoms with E-state index in [0.717, 1.165) is 38.5 Å². The summed E-state index contributed by atoms with van der Waals surface area (Å²) >= 11 is 5.88. The molecule has 13 nitrogen and oxygen atoms in total. The zero-order valence-electron chi connectivity index (χ0n) is 31.9. The number of anilines is 3. The number of benzene rings is 2. The summed E-state index contributed by atoms with van der Waals surface area (Å²) in [7, 11) is 0. The Kier molecular flexibility index (Phi) is 14.3. The summed E-state index contributed by atoms with van der Waals surface area (Å²) in [6.07, 6.45) is 9.74. The van der Waals surface area contributed by atoms with Crippen molar-refractivity contribution in [3.63, 3.8) is 0 Å². The van der Waals surface area contributed by atoms with Crippen LogP contribution in [0.3, 0.4) is 0 Å². The zero-order valence-corrected chi connectivity index (χ0v) is 32.6. The largest absolute Gasteiger partial charge is 0.384 e. The van der Waals surface area contributed by atoms with E-state index in [1.54, 1.807) is 54.7 Å². The van der Waals surface area contributed by atoms with E-state index >= 15 is 0 Å². The number of urea groups is 1. The highest BCUT2D eigenvalue weighted by Gasteiger charge is 2.40. The number of piperidine rings is 1. The number of nitrogens with zero attached hydrogens (tertiary/aromatic N) is 2. The monoisotopic (exact) mass is 801 g/mol. The van der Waals surface area contributed by atoms with Gasteiger partial charge in [-0.2, -0.15) is 0 Å². The van der Waals surface area contributed by atoms with E-state index in [0.29, 0.717) is 64.5 Å². The topological polar surface area (TPSA) is 188 Å². The van der Waals surface area contributed by atoms with Crippen LogP contribution in [-0.4, -0.2) is 58.4 Å². The number of Topliss-reactive ketones (excluding diaryl/α,β-unsaturated/α-hetero) is 2. The number of halogens is 1. The fourth-order valence-corrected chi connectivity index (χ4v) is 7.31. The maximum atomic E-state index is 13.6. The number of ketones is 2. The molecule has 2 atom stereocenters. The van der Waals surface area contributed by atoms with Crippen molar-refractivity contribution < 1.29 is 28.8 Å². The van der Waals surface area contributed by atoms with Crippen molar-refractivity contribution >= 4 is 64.0 Å². The van der Waals surface area contributed by atoms with Crippen molar-refractivity contribution in [2.24, 2.45) is 11.8 Å². The molecule has 14 heteroatoms. The first-order chi connectivity index (χ1) is 28.1. The summed E-state index contributed by atoms with van der Waals surface area (Å²) in [5, 5.41) is 14.4. The number of nitrogens with one attached hydrogen (secondary N) is 5. The Morgan fingerprint density at radius 1 is 0.759 bits per heavy atom. The summed E-state index contributed by atoms with van der Waals surface area (Å²) in [6.45, 7) is 1.20. The number of rotatable bonds is 14. The van der Waals surface area contributed by atoms with Crippen molar-refractivity contribution in [3.05, 3.63) is 112 Å². The minimum Gasteiger partial charge on any atom is -0.384 e. The van der Waals surface area contributed by atoms with Gasteiger partial charge in [-0.1, -0.05) is 61.4 Å². The quantitative estimate of drug-likeness (QED) is 0.0289. The molecule has 58 heavy (non-hydrogen) atoms. The Labute approximate surface area is 341 Å². The minimum atomic E-state index is -0.624. The molecule has 2 aromatic heterocycles. The second-order valence-electron chi connectivity index (χ2n) is 14.2. The molecule has 2 aliphatic rings. The summed E-state index contributed by atoms with van der Waals surface area (Å²) in [5.74, 6) is 3.53. The van der Waals surface area contributed by atoms with E-state index in [9.17, 15) is 28.8 Å². The van der Waals surface area contributed by atoms with Gasteiger partial charge in [0.2, 0.25) is 11.8 Å². The molecule has 1 fully saturated rings. The normalized spacial score (nSPS) is 16.2. The van der Waals surface area contributed by atoms with Crippen LogP contribution < -0.4 is 26.6 Å². The number of amides is 5. The van der Waals surface area contributed by atoms with Crippen LogP contribution in [0.15, 0.2) is 79.1 Å². The smallest absolute Gasteiger partial charge is 0.323 e. The lowest BCUT2D eigenvalue weighted by atomic mass is 9.79. The molecule has 1 aliphatic heterocycles. The van der Waals surface area contributed by atoms with Gasteiger partial charge in [0.15, 0.2) is 11.6 Å². The van der Waals surface area contributed by atoms with Gasteiger partial charge in [-0.15, -0.1) is 0 Å². The number of fused-ring (bicyclic) bond motifs is 1. The van der Waals surface area contributed by atoms with Gasteiger partial charge < -0.3 is 21.3 Å². The molecular weight excluding hydrogens is 758 g/mol. The van der Waals surface area contributed by atoms with Gasteiger partial charge in [0.1, 0.15) is 10.8 Å². The molecule has 1 saturated heterocycles. The van der Waals surface area contributed by atoms with Gasteiger partial charge in [0.25, 0.3) is 5.91 Å². The average Bonchev–Trinajstić information content (AvgIpc) is 3.33. The lowest BCUT2D eigenvalue weighted by molar-refractivity contribution is -0.137. The van der Waals surface area contributed by atoms with Crippen LogP contribution in [0.5, 0.6) is 0 Å². The Bertz CT molecular complexity index is 2270. The van der Waals surface area contributed by atoms with Crippen LogP contribution >= 0.6 is 11.6 Å². The fourth-order valence-electron chi connectivity index (χ4n) is 7.13. The molecule has 0 spiro atoms. The van der Waals surface area contributed by atoms with E-state index in [4.69, 9.17) is 11.6 Å². The summed E-state index contributed by atoms with van der Waals surface area (Å²) < 4.78 is 0. The van der Waals surface area contributed by atoms with Gasteiger partial charge in [0.05, 0.1) is 5.56 Å². The molecule has 1 aliphatic carbocycles. The standard InChI is InChI=1S/C44H44ClN7O6/c45-38-27-32(20-24-48-38)51-44(58)50-31-19-23-46-30(26-31)14-13-28-9-7-10-29(25-28)42(56)49-22-6-4-2-1-3-5-21-47-36-12-8-11-35-40(36)37(53)17-15-33(41(35)55)34-16-18-39(54)52-43(34)57/h7-12,19-20,23-27,33-34,47H,1-6,15-18,21-22H2,(H,49,56)(H,52,54,57)(H2,46,48,50,51,58). The number of hydrogen-bond donors (Lipinski definition) is 5. The molecule has 5 amide bonds. The molecule has 6 rings (SSSR count). The third kappa shape index (κ3) is 11.4. The number of carbonyl (C=O) groups is 6. The number of imide groups is 1. The predicted molar refractivity (Wildman–Crippen MR) is 221 cm³/mol. The number of aromatic nitrogens is 2. The van der Waals surface area contributed by atoms with E-state index in [-0.39, 0.29) is 47.8 Å². The lowest BCUT2D eigenvalue weighted by Crippen LogP contribution is -2.45. The maximum absolute atomic E-state index is 13.6. The third-order valence-electron chi connectivity index (χ3n) is 10.1. The molecule has 4 aromatic rings. The number of carbonyl (C=O) groups excluding carboxylic acids is 6. The Balaban J connectivity index is 0.879. The first-order valence-corrected chi connectivity index (χ1v) is 19.9. The molecule has 0 saturated carbocycles. The molecule has 2 unspecified atom stereocenters. The van der Waals surface area contributed by atoms with Crippen LogP contribution in [0.4, 0.5) is 21.9 Å². The van der Waals surface area contributed by atoms with Gasteiger partial charge in [0, 0.05) is 83.9 Å². The van der Waals surface area contributed by atoms with Crippen molar-refractivity contribution in [2.75, 3.05) is 29.0 Å². The molecule has 5 N–H and O–H groups in total. The highest BCUT2D eigenvalue weighted by atomic mass is 35.5. The summed E-state index contributed by atoms with van der Waals surface area (Å²) in [4.78, 5) is 84.3. The van der Waals surface area contributed by atoms with E-state index in [1.165, 1.54) is 12.3 Å². The number of unbranched alkanes of at least 4 members (excludes halogenated alkanes) is 5. The molecule has 2 aromatic carbocycles. The first kappa shape index (κ1) is 41.2. The minimum absolute atomic E-state index is 0.114. The van der Waals surface area contributed by atoms with E-state index in [2.05, 4.69) is 48.4 Å². The van der Waals surface area contributed by atoms with Gasteiger partial charge in [-0.3, -0.25) is 29.3 Å². The molecule has 3 heterocycles. The van der Waals surface area contributed by atoms with Crippen LogP contribution in [0.2, 0.25) is 5.15 Å². The number of pyridine rings is 2. The predicted octanol–water partition coefficient (Wildman–Crippen LogP) is 7.18. The first-order valence-electron chi connectivity index (χ1n) is 19.5. The van der Waals surface area contributed by atoms with Crippen LogP contribution in [0, 0.1) is 23.7 Å². The summed E-state index contributed by atoms with van der Waals surface area (Å²) in [5.41, 5.74) is 3.98. The Morgan fingerprint density at radius 3 is 2.24 bits per heavy atom. The maximum Gasteiger partial charge on any atom is 0.323 e.